The highest BCUT2D eigenvalue weighted by Gasteiger charge is 2.10. The minimum atomic E-state index is -0.432. The summed E-state index contributed by atoms with van der Waals surface area (Å²) in [7, 11) is 0. The first-order valence-electron chi connectivity index (χ1n) is 7.33. The van der Waals surface area contributed by atoms with Gasteiger partial charge in [-0.1, -0.05) is 11.6 Å². The van der Waals surface area contributed by atoms with E-state index in [4.69, 9.17) is 16.3 Å². The van der Waals surface area contributed by atoms with Gasteiger partial charge in [-0.2, -0.15) is 0 Å². The number of hydrogen-bond acceptors (Lipinski definition) is 6. The summed E-state index contributed by atoms with van der Waals surface area (Å²) >= 11 is 5.94. The third-order valence-corrected chi connectivity index (χ3v) is 3.76. The van der Waals surface area contributed by atoms with E-state index in [1.165, 1.54) is 11.0 Å². The summed E-state index contributed by atoms with van der Waals surface area (Å²) in [5.74, 6) is -0.432. The van der Waals surface area contributed by atoms with Gasteiger partial charge in [0.2, 0.25) is 0 Å². The average Bonchev–Trinajstić information content (AvgIpc) is 3.29. The Balaban J connectivity index is 1.44. The fourth-order valence-electron chi connectivity index (χ4n) is 2.34. The number of nitrogens with zero attached hydrogens (tertiary/aromatic N) is 6. The average molecular weight is 355 g/mol. The smallest absolute Gasteiger partial charge is 0.338 e. The fourth-order valence-corrected chi connectivity index (χ4v) is 2.51. The van der Waals surface area contributed by atoms with Gasteiger partial charge in [0.05, 0.1) is 22.0 Å². The van der Waals surface area contributed by atoms with E-state index in [-0.39, 0.29) is 6.61 Å². The number of esters is 1. The Labute approximate surface area is 146 Å². The van der Waals surface area contributed by atoms with Gasteiger partial charge in [-0.15, -0.1) is 5.10 Å². The molecule has 0 aliphatic rings. The first kappa shape index (κ1) is 15.3. The second-order valence-electron chi connectivity index (χ2n) is 5.22. The molecule has 3 aromatic heterocycles. The van der Waals surface area contributed by atoms with Crippen molar-refractivity contribution in [3.05, 3.63) is 71.4 Å². The monoisotopic (exact) mass is 354 g/mol. The summed E-state index contributed by atoms with van der Waals surface area (Å²) in [6.07, 6.45) is 4.99. The Kier molecular flexibility index (Phi) is 3.87. The first-order chi connectivity index (χ1) is 12.2. The predicted molar refractivity (Wildman–Crippen MR) is 88.5 cm³/mol. The van der Waals surface area contributed by atoms with Crippen LogP contribution in [0.25, 0.3) is 11.3 Å². The molecular formula is C16H11ClN6O2. The number of ether oxygens (including phenoxy) is 1. The van der Waals surface area contributed by atoms with Crippen LogP contribution in [0.15, 0.2) is 55.1 Å². The molecule has 4 aromatic rings. The van der Waals surface area contributed by atoms with Crippen molar-refractivity contribution in [2.75, 3.05) is 0 Å². The summed E-state index contributed by atoms with van der Waals surface area (Å²) < 4.78 is 8.59. The molecule has 0 spiro atoms. The van der Waals surface area contributed by atoms with Crippen LogP contribution in [-0.2, 0) is 11.3 Å². The Morgan fingerprint density at radius 2 is 1.96 bits per heavy atom. The molecule has 9 heteroatoms. The molecule has 0 saturated carbocycles. The van der Waals surface area contributed by atoms with Crippen LogP contribution in [0.5, 0.6) is 0 Å². The molecule has 0 amide bonds. The Morgan fingerprint density at radius 3 is 2.72 bits per heavy atom. The van der Waals surface area contributed by atoms with Crippen molar-refractivity contribution in [2.45, 2.75) is 6.61 Å². The number of imidazole rings is 1. The molecule has 0 radical (unpaired) electrons. The largest absolute Gasteiger partial charge is 0.456 e. The lowest BCUT2D eigenvalue weighted by Crippen LogP contribution is -2.06. The zero-order valence-corrected chi connectivity index (χ0v) is 13.5. The maximum Gasteiger partial charge on any atom is 0.338 e. The lowest BCUT2D eigenvalue weighted by Gasteiger charge is -2.04. The van der Waals surface area contributed by atoms with Crippen LogP contribution in [0.2, 0.25) is 5.02 Å². The van der Waals surface area contributed by atoms with Gasteiger partial charge in [0.15, 0.2) is 0 Å². The standard InChI is InChI=1S/C16H11ClN6O2/c17-12-3-6-15-19-13(8-22(15)7-12)9-25-16(24)11-1-4-14(5-2-11)23-10-18-20-21-23/h1-8,10H,9H2. The molecule has 0 N–H and O–H groups in total. The van der Waals surface area contributed by atoms with E-state index < -0.39 is 5.97 Å². The van der Waals surface area contributed by atoms with E-state index in [2.05, 4.69) is 20.5 Å². The Morgan fingerprint density at radius 1 is 1.12 bits per heavy atom. The quantitative estimate of drug-likeness (QED) is 0.523. The number of benzene rings is 1. The third kappa shape index (κ3) is 3.20. The summed E-state index contributed by atoms with van der Waals surface area (Å²) in [5, 5.41) is 11.5. The van der Waals surface area contributed by atoms with Gasteiger partial charge < -0.3 is 9.14 Å². The maximum atomic E-state index is 12.2. The van der Waals surface area contributed by atoms with Crippen LogP contribution in [0.1, 0.15) is 16.1 Å². The zero-order valence-electron chi connectivity index (χ0n) is 12.8. The maximum absolute atomic E-state index is 12.2. The SMILES string of the molecule is O=C(OCc1cn2cc(Cl)ccc2n1)c1ccc(-n2cnnn2)cc1. The fraction of sp³-hybridized carbons (Fsp3) is 0.0625. The van der Waals surface area contributed by atoms with E-state index in [0.717, 1.165) is 11.3 Å². The first-order valence-corrected chi connectivity index (χ1v) is 7.70. The number of tetrazole rings is 1. The highest BCUT2D eigenvalue weighted by atomic mass is 35.5. The van der Waals surface area contributed by atoms with E-state index >= 15 is 0 Å². The topological polar surface area (TPSA) is 87.2 Å². The molecule has 124 valence electrons. The molecule has 0 bridgehead atoms. The summed E-state index contributed by atoms with van der Waals surface area (Å²) in [6, 6.07) is 10.3. The van der Waals surface area contributed by atoms with Crippen LogP contribution in [-0.4, -0.2) is 35.6 Å². The molecule has 0 fully saturated rings. The van der Waals surface area contributed by atoms with Gasteiger partial charge in [0.1, 0.15) is 18.6 Å². The molecule has 0 saturated heterocycles. The van der Waals surface area contributed by atoms with Crippen molar-refractivity contribution in [3.8, 4) is 5.69 Å². The Hall–Kier alpha value is -3.26. The van der Waals surface area contributed by atoms with Gasteiger partial charge in [-0.3, -0.25) is 0 Å². The molecule has 8 nitrogen and oxygen atoms in total. The Bertz CT molecular complexity index is 1030. The van der Waals surface area contributed by atoms with E-state index in [9.17, 15) is 4.79 Å². The molecule has 3 heterocycles. The van der Waals surface area contributed by atoms with Crippen LogP contribution < -0.4 is 0 Å². The molecule has 0 unspecified atom stereocenters. The summed E-state index contributed by atoms with van der Waals surface area (Å²) in [6.45, 7) is 0.0763. The van der Waals surface area contributed by atoms with Gasteiger partial charge in [0.25, 0.3) is 0 Å². The van der Waals surface area contributed by atoms with Gasteiger partial charge >= 0.3 is 5.97 Å². The normalized spacial score (nSPS) is 10.9. The lowest BCUT2D eigenvalue weighted by atomic mass is 10.2. The van der Waals surface area contributed by atoms with Crippen LogP contribution >= 0.6 is 11.6 Å². The van der Waals surface area contributed by atoms with Crippen LogP contribution in [0.4, 0.5) is 0 Å². The van der Waals surface area contributed by atoms with E-state index in [1.807, 2.05) is 0 Å². The van der Waals surface area contributed by atoms with Gasteiger partial charge in [-0.05, 0) is 46.8 Å². The lowest BCUT2D eigenvalue weighted by molar-refractivity contribution is 0.0468. The zero-order chi connectivity index (χ0) is 17.2. The van der Waals surface area contributed by atoms with Crippen molar-refractivity contribution >= 4 is 23.2 Å². The number of carbonyl (C=O) groups excluding carboxylic acids is 1. The number of rotatable bonds is 4. The van der Waals surface area contributed by atoms with Crippen molar-refractivity contribution in [1.29, 1.82) is 0 Å². The van der Waals surface area contributed by atoms with E-state index in [0.29, 0.717) is 16.3 Å². The van der Waals surface area contributed by atoms with Crippen LogP contribution in [0, 0.1) is 0 Å². The van der Waals surface area contributed by atoms with Crippen molar-refractivity contribution in [2.24, 2.45) is 0 Å². The summed E-state index contributed by atoms with van der Waals surface area (Å²) in [5.41, 5.74) is 2.56. The second-order valence-corrected chi connectivity index (χ2v) is 5.66. The predicted octanol–water partition coefficient (Wildman–Crippen LogP) is 2.32. The second kappa shape index (κ2) is 6.33. The van der Waals surface area contributed by atoms with Gasteiger partial charge in [-0.25, -0.2) is 14.5 Å². The highest BCUT2D eigenvalue weighted by molar-refractivity contribution is 6.30. The minimum absolute atomic E-state index is 0.0763. The molecule has 0 atom stereocenters. The number of halogens is 1. The number of aromatic nitrogens is 6. The molecule has 0 aliphatic heterocycles. The number of fused-ring (bicyclic) bond motifs is 1. The highest BCUT2D eigenvalue weighted by Crippen LogP contribution is 2.13. The van der Waals surface area contributed by atoms with Gasteiger partial charge in [0, 0.05) is 12.4 Å². The number of hydrogen-bond donors (Lipinski definition) is 0. The number of carbonyl (C=O) groups is 1. The molecule has 25 heavy (non-hydrogen) atoms. The molecule has 4 rings (SSSR count). The third-order valence-electron chi connectivity index (χ3n) is 3.53. The van der Waals surface area contributed by atoms with Crippen molar-refractivity contribution in [1.82, 2.24) is 29.6 Å². The van der Waals surface area contributed by atoms with Crippen molar-refractivity contribution < 1.29 is 9.53 Å². The molecule has 1 aromatic carbocycles. The minimum Gasteiger partial charge on any atom is -0.456 e. The van der Waals surface area contributed by atoms with Crippen molar-refractivity contribution in [3.63, 3.8) is 0 Å². The van der Waals surface area contributed by atoms with Crippen LogP contribution in [0.3, 0.4) is 0 Å². The molecule has 0 aliphatic carbocycles. The number of pyridine rings is 1. The summed E-state index contributed by atoms with van der Waals surface area (Å²) in [4.78, 5) is 16.5. The van der Waals surface area contributed by atoms with E-state index in [1.54, 1.807) is 53.2 Å². The molecular weight excluding hydrogens is 344 g/mol.